The summed E-state index contributed by atoms with van der Waals surface area (Å²) in [6, 6.07) is 1.78. The molecule has 0 aromatic carbocycles. The quantitative estimate of drug-likeness (QED) is 0.574. The fraction of sp³-hybridized carbons (Fsp3) is 0.273. The van der Waals surface area contributed by atoms with Crippen LogP contribution in [0.25, 0.3) is 0 Å². The number of carbonyl (C=O) groups is 1. The number of nitrogens with zero attached hydrogens (tertiary/aromatic N) is 1. The van der Waals surface area contributed by atoms with E-state index >= 15 is 0 Å². The summed E-state index contributed by atoms with van der Waals surface area (Å²) in [6.07, 6.45) is 3.17. The van der Waals surface area contributed by atoms with Gasteiger partial charge in [0, 0.05) is 6.20 Å². The summed E-state index contributed by atoms with van der Waals surface area (Å²) in [5.74, 6) is 0.223. The Balaban J connectivity index is 3.19. The van der Waals surface area contributed by atoms with Crippen LogP contribution in [0.1, 0.15) is 29.8 Å². The van der Waals surface area contributed by atoms with Crippen LogP contribution in [0.5, 0.6) is 0 Å². The lowest BCUT2D eigenvalue weighted by atomic mass is 10.0. The van der Waals surface area contributed by atoms with Crippen molar-refractivity contribution in [3.05, 3.63) is 35.0 Å². The second kappa shape index (κ2) is 4.05. The van der Waals surface area contributed by atoms with Crippen molar-refractivity contribution in [3.8, 4) is 0 Å². The van der Waals surface area contributed by atoms with Crippen LogP contribution in [0.2, 0.25) is 0 Å². The van der Waals surface area contributed by atoms with Gasteiger partial charge in [-0.05, 0) is 38.5 Å². The number of anilines is 1. The van der Waals surface area contributed by atoms with Gasteiger partial charge in [0.05, 0.1) is 5.56 Å². The largest absolute Gasteiger partial charge is 0.383 e. The molecule has 1 aromatic rings. The number of nitrogen functional groups attached to an aromatic ring is 1. The van der Waals surface area contributed by atoms with Crippen molar-refractivity contribution in [1.29, 1.82) is 0 Å². The number of carbonyl (C=O) groups excluding carboxylic acids is 1. The van der Waals surface area contributed by atoms with Gasteiger partial charge in [0.15, 0.2) is 5.78 Å². The summed E-state index contributed by atoms with van der Waals surface area (Å²) in [7, 11) is 0. The molecule has 0 unspecified atom stereocenters. The van der Waals surface area contributed by atoms with Gasteiger partial charge >= 0.3 is 0 Å². The fourth-order valence-electron chi connectivity index (χ4n) is 1.23. The Morgan fingerprint density at radius 2 is 2.14 bits per heavy atom. The molecule has 14 heavy (non-hydrogen) atoms. The lowest BCUT2D eigenvalue weighted by molar-refractivity contribution is 0.104. The molecule has 74 valence electrons. The van der Waals surface area contributed by atoms with E-state index in [1.807, 2.05) is 20.8 Å². The number of aryl methyl sites for hydroxylation is 1. The second-order valence-corrected chi connectivity index (χ2v) is 3.47. The Bertz CT molecular complexity index is 370. The molecular formula is C11H14N2O. The third-order valence-corrected chi connectivity index (χ3v) is 1.85. The zero-order chi connectivity index (χ0) is 10.7. The molecule has 0 saturated heterocycles. The normalized spacial score (nSPS) is 9.64. The summed E-state index contributed by atoms with van der Waals surface area (Å²) >= 11 is 0. The van der Waals surface area contributed by atoms with Gasteiger partial charge in [-0.3, -0.25) is 4.79 Å². The van der Waals surface area contributed by atoms with E-state index in [9.17, 15) is 4.79 Å². The zero-order valence-electron chi connectivity index (χ0n) is 8.66. The van der Waals surface area contributed by atoms with Crippen LogP contribution in [-0.4, -0.2) is 10.8 Å². The average molecular weight is 190 g/mol. The highest BCUT2D eigenvalue weighted by molar-refractivity contribution is 6.08. The number of pyridine rings is 1. The third kappa shape index (κ3) is 2.19. The van der Waals surface area contributed by atoms with E-state index < -0.39 is 0 Å². The smallest absolute Gasteiger partial charge is 0.189 e. The van der Waals surface area contributed by atoms with Crippen molar-refractivity contribution >= 4 is 11.6 Å². The first-order chi connectivity index (χ1) is 6.52. The Kier molecular flexibility index (Phi) is 3.02. The van der Waals surface area contributed by atoms with Crippen molar-refractivity contribution < 1.29 is 4.79 Å². The summed E-state index contributed by atoms with van der Waals surface area (Å²) < 4.78 is 0. The van der Waals surface area contributed by atoms with Gasteiger partial charge in [-0.15, -0.1) is 0 Å². The van der Waals surface area contributed by atoms with Gasteiger partial charge < -0.3 is 5.73 Å². The van der Waals surface area contributed by atoms with Crippen molar-refractivity contribution in [2.45, 2.75) is 20.8 Å². The standard InChI is InChI=1S/C11H14N2O/c1-7(2)6-9(14)10-8(3)4-5-13-11(10)12/h4-6H,1-3H3,(H2,12,13). The highest BCUT2D eigenvalue weighted by atomic mass is 16.1. The summed E-state index contributed by atoms with van der Waals surface area (Å²) in [6.45, 7) is 5.60. The predicted octanol–water partition coefficient (Wildman–Crippen LogP) is 2.12. The molecule has 0 aliphatic rings. The van der Waals surface area contributed by atoms with Gasteiger partial charge in [0.1, 0.15) is 5.82 Å². The van der Waals surface area contributed by atoms with Crippen LogP contribution in [0.4, 0.5) is 5.82 Å². The van der Waals surface area contributed by atoms with Crippen LogP contribution in [0.15, 0.2) is 23.9 Å². The summed E-state index contributed by atoms with van der Waals surface area (Å²) in [5, 5.41) is 0. The number of nitrogens with two attached hydrogens (primary N) is 1. The number of allylic oxidation sites excluding steroid dienone is 2. The molecule has 3 heteroatoms. The lowest BCUT2D eigenvalue weighted by Crippen LogP contribution is -2.05. The number of hydrogen-bond donors (Lipinski definition) is 1. The second-order valence-electron chi connectivity index (χ2n) is 3.47. The van der Waals surface area contributed by atoms with E-state index in [-0.39, 0.29) is 5.78 Å². The maximum Gasteiger partial charge on any atom is 0.189 e. The van der Waals surface area contributed by atoms with Gasteiger partial charge in [-0.1, -0.05) is 5.57 Å². The van der Waals surface area contributed by atoms with Crippen LogP contribution in [-0.2, 0) is 0 Å². The first-order valence-electron chi connectivity index (χ1n) is 4.42. The van der Waals surface area contributed by atoms with E-state index in [2.05, 4.69) is 4.98 Å². The SMILES string of the molecule is CC(C)=CC(=O)c1c(C)ccnc1N. The Labute approximate surface area is 83.7 Å². The summed E-state index contributed by atoms with van der Waals surface area (Å²) in [4.78, 5) is 15.6. The lowest BCUT2D eigenvalue weighted by Gasteiger charge is -2.04. The van der Waals surface area contributed by atoms with Crippen molar-refractivity contribution in [2.75, 3.05) is 5.73 Å². The minimum atomic E-state index is -0.0758. The van der Waals surface area contributed by atoms with Crippen LogP contribution < -0.4 is 5.73 Å². The third-order valence-electron chi connectivity index (χ3n) is 1.85. The predicted molar refractivity (Wildman–Crippen MR) is 57.1 cm³/mol. The highest BCUT2D eigenvalue weighted by Crippen LogP contribution is 2.15. The van der Waals surface area contributed by atoms with Crippen LogP contribution in [0, 0.1) is 6.92 Å². The molecule has 1 heterocycles. The van der Waals surface area contributed by atoms with E-state index in [0.717, 1.165) is 11.1 Å². The average Bonchev–Trinajstić information content (AvgIpc) is 2.01. The van der Waals surface area contributed by atoms with Crippen molar-refractivity contribution in [2.24, 2.45) is 0 Å². The Hall–Kier alpha value is -1.64. The van der Waals surface area contributed by atoms with E-state index in [4.69, 9.17) is 5.73 Å². The molecule has 1 rings (SSSR count). The van der Waals surface area contributed by atoms with Gasteiger partial charge in [0.2, 0.25) is 0 Å². The van der Waals surface area contributed by atoms with Crippen LogP contribution >= 0.6 is 0 Å². The zero-order valence-corrected chi connectivity index (χ0v) is 8.66. The van der Waals surface area contributed by atoms with E-state index in [1.165, 1.54) is 0 Å². The first-order valence-corrected chi connectivity index (χ1v) is 4.42. The number of ketones is 1. The molecule has 0 bridgehead atoms. The minimum absolute atomic E-state index is 0.0758. The minimum Gasteiger partial charge on any atom is -0.383 e. The molecule has 0 aliphatic heterocycles. The maximum atomic E-state index is 11.7. The molecule has 0 spiro atoms. The molecule has 0 amide bonds. The number of aromatic nitrogens is 1. The van der Waals surface area contributed by atoms with Crippen molar-refractivity contribution in [1.82, 2.24) is 4.98 Å². The highest BCUT2D eigenvalue weighted by Gasteiger charge is 2.10. The van der Waals surface area contributed by atoms with Gasteiger partial charge in [-0.25, -0.2) is 4.98 Å². The van der Waals surface area contributed by atoms with Gasteiger partial charge in [-0.2, -0.15) is 0 Å². The molecular weight excluding hydrogens is 176 g/mol. The molecule has 0 aliphatic carbocycles. The maximum absolute atomic E-state index is 11.7. The van der Waals surface area contributed by atoms with E-state index in [1.54, 1.807) is 18.3 Å². The number of hydrogen-bond acceptors (Lipinski definition) is 3. The monoisotopic (exact) mass is 190 g/mol. The fourth-order valence-corrected chi connectivity index (χ4v) is 1.23. The van der Waals surface area contributed by atoms with E-state index in [0.29, 0.717) is 11.4 Å². The topological polar surface area (TPSA) is 56.0 Å². The Morgan fingerprint density at radius 3 is 2.64 bits per heavy atom. The first kappa shape index (κ1) is 10.4. The molecule has 0 saturated carbocycles. The molecule has 0 atom stereocenters. The molecule has 2 N–H and O–H groups in total. The molecule has 3 nitrogen and oxygen atoms in total. The molecule has 0 fully saturated rings. The van der Waals surface area contributed by atoms with Gasteiger partial charge in [0.25, 0.3) is 0 Å². The molecule has 1 aromatic heterocycles. The Morgan fingerprint density at radius 1 is 1.50 bits per heavy atom. The number of rotatable bonds is 2. The summed E-state index contributed by atoms with van der Waals surface area (Å²) in [5.41, 5.74) is 7.96. The molecule has 0 radical (unpaired) electrons. The van der Waals surface area contributed by atoms with Crippen molar-refractivity contribution in [3.63, 3.8) is 0 Å². The van der Waals surface area contributed by atoms with Crippen LogP contribution in [0.3, 0.4) is 0 Å².